The highest BCUT2D eigenvalue weighted by atomic mass is 16.7. The number of rotatable bonds is 6. The molecular formula is C10H19N3O3. The Morgan fingerprint density at radius 2 is 2.31 bits per heavy atom. The third-order valence-corrected chi connectivity index (χ3v) is 2.58. The molecule has 92 valence electrons. The van der Waals surface area contributed by atoms with Crippen molar-refractivity contribution in [3.05, 3.63) is 0 Å². The third kappa shape index (κ3) is 5.67. The monoisotopic (exact) mass is 229 g/mol. The van der Waals surface area contributed by atoms with Crippen LogP contribution in [0.1, 0.15) is 25.7 Å². The smallest absolute Gasteiger partial charge is 0.246 e. The van der Waals surface area contributed by atoms with Gasteiger partial charge < -0.3 is 11.1 Å². The number of piperidine rings is 1. The fourth-order valence-electron chi connectivity index (χ4n) is 1.74. The molecule has 0 spiro atoms. The van der Waals surface area contributed by atoms with Gasteiger partial charge in [-0.2, -0.15) is 0 Å². The summed E-state index contributed by atoms with van der Waals surface area (Å²) in [5.41, 5.74) is 7.04. The van der Waals surface area contributed by atoms with Crippen molar-refractivity contribution < 1.29 is 14.4 Å². The summed E-state index contributed by atoms with van der Waals surface area (Å²) < 4.78 is 0. The van der Waals surface area contributed by atoms with Crippen LogP contribution in [-0.4, -0.2) is 31.5 Å². The number of carbonyl (C=O) groups is 2. The van der Waals surface area contributed by atoms with E-state index in [1.165, 1.54) is 12.8 Å². The van der Waals surface area contributed by atoms with Crippen molar-refractivity contribution in [1.82, 2.24) is 10.8 Å². The Morgan fingerprint density at radius 3 is 2.94 bits per heavy atom. The standard InChI is InChI=1S/C10H19N3O3/c11-9(14)7-16-13-10(15)4-3-8-2-1-5-12-6-8/h8,12H,1-7H2,(H2,11,14)(H,13,15). The number of primary amides is 1. The Kier molecular flexibility index (Phi) is 5.81. The lowest BCUT2D eigenvalue weighted by Crippen LogP contribution is -2.32. The molecule has 2 amide bonds. The highest BCUT2D eigenvalue weighted by Crippen LogP contribution is 2.15. The number of amides is 2. The van der Waals surface area contributed by atoms with Crippen LogP contribution in [-0.2, 0) is 14.4 Å². The van der Waals surface area contributed by atoms with Crippen LogP contribution in [0.3, 0.4) is 0 Å². The number of nitrogens with one attached hydrogen (secondary N) is 2. The van der Waals surface area contributed by atoms with E-state index in [0.717, 1.165) is 19.5 Å². The second-order valence-electron chi connectivity index (χ2n) is 4.03. The fourth-order valence-corrected chi connectivity index (χ4v) is 1.74. The van der Waals surface area contributed by atoms with E-state index in [4.69, 9.17) is 5.73 Å². The Labute approximate surface area is 94.8 Å². The summed E-state index contributed by atoms with van der Waals surface area (Å²) in [6, 6.07) is 0. The lowest BCUT2D eigenvalue weighted by molar-refractivity contribution is -0.138. The van der Waals surface area contributed by atoms with Crippen molar-refractivity contribution in [3.63, 3.8) is 0 Å². The van der Waals surface area contributed by atoms with Gasteiger partial charge >= 0.3 is 0 Å². The van der Waals surface area contributed by atoms with Gasteiger partial charge in [0.05, 0.1) is 0 Å². The zero-order chi connectivity index (χ0) is 11.8. The maximum Gasteiger partial charge on any atom is 0.246 e. The summed E-state index contributed by atoms with van der Waals surface area (Å²) in [6.45, 7) is 1.77. The minimum absolute atomic E-state index is 0.202. The van der Waals surface area contributed by atoms with Gasteiger partial charge in [-0.15, -0.1) is 0 Å². The van der Waals surface area contributed by atoms with Crippen LogP contribution in [0, 0.1) is 5.92 Å². The molecule has 0 aliphatic carbocycles. The molecule has 1 aliphatic heterocycles. The predicted octanol–water partition coefficient (Wildman–Crippen LogP) is -0.701. The van der Waals surface area contributed by atoms with Crippen molar-refractivity contribution in [2.24, 2.45) is 11.7 Å². The largest absolute Gasteiger partial charge is 0.368 e. The molecule has 6 heteroatoms. The molecule has 4 N–H and O–H groups in total. The number of hydroxylamine groups is 1. The van der Waals surface area contributed by atoms with Crippen LogP contribution >= 0.6 is 0 Å². The number of hydrogen-bond acceptors (Lipinski definition) is 4. The van der Waals surface area contributed by atoms with Gasteiger partial charge in [-0.3, -0.25) is 14.4 Å². The minimum atomic E-state index is -0.600. The molecule has 1 unspecified atom stereocenters. The van der Waals surface area contributed by atoms with Gasteiger partial charge in [0.15, 0.2) is 6.61 Å². The minimum Gasteiger partial charge on any atom is -0.368 e. The van der Waals surface area contributed by atoms with Crippen molar-refractivity contribution in [2.75, 3.05) is 19.7 Å². The van der Waals surface area contributed by atoms with Gasteiger partial charge in [0.25, 0.3) is 0 Å². The molecule has 1 fully saturated rings. The van der Waals surface area contributed by atoms with Gasteiger partial charge in [0.1, 0.15) is 0 Å². The molecule has 1 atom stereocenters. The van der Waals surface area contributed by atoms with E-state index in [9.17, 15) is 9.59 Å². The number of nitrogens with two attached hydrogens (primary N) is 1. The molecule has 1 saturated heterocycles. The first-order valence-electron chi connectivity index (χ1n) is 5.58. The summed E-state index contributed by atoms with van der Waals surface area (Å²) >= 11 is 0. The van der Waals surface area contributed by atoms with Gasteiger partial charge in [0, 0.05) is 6.42 Å². The molecule has 1 aliphatic rings. The Bertz CT molecular complexity index is 239. The quantitative estimate of drug-likeness (QED) is 0.525. The van der Waals surface area contributed by atoms with E-state index < -0.39 is 5.91 Å². The van der Waals surface area contributed by atoms with Crippen LogP contribution in [0.15, 0.2) is 0 Å². The summed E-state index contributed by atoms with van der Waals surface area (Å²) in [5, 5.41) is 3.29. The summed E-state index contributed by atoms with van der Waals surface area (Å²) in [6.07, 6.45) is 3.61. The van der Waals surface area contributed by atoms with Crippen LogP contribution in [0.2, 0.25) is 0 Å². The van der Waals surface area contributed by atoms with Gasteiger partial charge in [-0.05, 0) is 38.3 Å². The topological polar surface area (TPSA) is 93.5 Å². The van der Waals surface area contributed by atoms with E-state index in [2.05, 4.69) is 15.6 Å². The van der Waals surface area contributed by atoms with Crippen molar-refractivity contribution in [1.29, 1.82) is 0 Å². The average molecular weight is 229 g/mol. The highest BCUT2D eigenvalue weighted by Gasteiger charge is 2.14. The van der Waals surface area contributed by atoms with E-state index >= 15 is 0 Å². The predicted molar refractivity (Wildman–Crippen MR) is 58.1 cm³/mol. The zero-order valence-electron chi connectivity index (χ0n) is 9.33. The second-order valence-corrected chi connectivity index (χ2v) is 4.03. The Balaban J connectivity index is 2.02. The van der Waals surface area contributed by atoms with Crippen molar-refractivity contribution in [2.45, 2.75) is 25.7 Å². The molecule has 0 aromatic rings. The fraction of sp³-hybridized carbons (Fsp3) is 0.800. The maximum absolute atomic E-state index is 11.3. The van der Waals surface area contributed by atoms with E-state index in [1.54, 1.807) is 0 Å². The molecule has 1 rings (SSSR count). The molecule has 0 radical (unpaired) electrons. The van der Waals surface area contributed by atoms with Gasteiger partial charge in [0.2, 0.25) is 11.8 Å². The molecule has 16 heavy (non-hydrogen) atoms. The zero-order valence-corrected chi connectivity index (χ0v) is 9.33. The molecule has 1 heterocycles. The molecule has 0 aromatic heterocycles. The second kappa shape index (κ2) is 7.19. The van der Waals surface area contributed by atoms with Crippen LogP contribution in [0.5, 0.6) is 0 Å². The van der Waals surface area contributed by atoms with E-state index in [1.807, 2.05) is 0 Å². The van der Waals surface area contributed by atoms with Crippen molar-refractivity contribution in [3.8, 4) is 0 Å². The SMILES string of the molecule is NC(=O)CONC(=O)CCC1CCCNC1. The van der Waals surface area contributed by atoms with Crippen LogP contribution in [0.4, 0.5) is 0 Å². The van der Waals surface area contributed by atoms with Crippen LogP contribution in [0.25, 0.3) is 0 Å². The average Bonchev–Trinajstić information content (AvgIpc) is 2.27. The van der Waals surface area contributed by atoms with Gasteiger partial charge in [-0.1, -0.05) is 0 Å². The normalized spacial score (nSPS) is 20.4. The molecule has 6 nitrogen and oxygen atoms in total. The number of hydrogen-bond donors (Lipinski definition) is 3. The molecule has 0 aromatic carbocycles. The Hall–Kier alpha value is -1.14. The first kappa shape index (κ1) is 12.9. The Morgan fingerprint density at radius 1 is 1.50 bits per heavy atom. The van der Waals surface area contributed by atoms with Gasteiger partial charge in [-0.25, -0.2) is 5.48 Å². The van der Waals surface area contributed by atoms with E-state index in [-0.39, 0.29) is 12.5 Å². The summed E-state index contributed by atoms with van der Waals surface area (Å²) in [5.74, 6) is -0.237. The lowest BCUT2D eigenvalue weighted by atomic mass is 9.95. The highest BCUT2D eigenvalue weighted by molar-refractivity contribution is 5.76. The third-order valence-electron chi connectivity index (χ3n) is 2.58. The molecule has 0 saturated carbocycles. The number of carbonyl (C=O) groups excluding carboxylic acids is 2. The first-order chi connectivity index (χ1) is 7.68. The lowest BCUT2D eigenvalue weighted by Gasteiger charge is -2.22. The van der Waals surface area contributed by atoms with Crippen LogP contribution < -0.4 is 16.5 Å². The summed E-state index contributed by atoms with van der Waals surface area (Å²) in [4.78, 5) is 26.2. The summed E-state index contributed by atoms with van der Waals surface area (Å²) in [7, 11) is 0. The maximum atomic E-state index is 11.3. The molecule has 0 bridgehead atoms. The first-order valence-corrected chi connectivity index (χ1v) is 5.58. The molecular weight excluding hydrogens is 210 g/mol. The van der Waals surface area contributed by atoms with Crippen molar-refractivity contribution >= 4 is 11.8 Å². The van der Waals surface area contributed by atoms with E-state index in [0.29, 0.717) is 12.3 Å².